The van der Waals surface area contributed by atoms with Crippen molar-refractivity contribution in [2.75, 3.05) is 26.1 Å². The molecule has 0 atom stereocenters. The van der Waals surface area contributed by atoms with Crippen LogP contribution in [0.15, 0.2) is 42.5 Å². The molecule has 2 N–H and O–H groups in total. The number of halogens is 1. The van der Waals surface area contributed by atoms with Crippen LogP contribution in [-0.2, 0) is 16.0 Å². The van der Waals surface area contributed by atoms with Gasteiger partial charge in [-0.3, -0.25) is 9.59 Å². The monoisotopic (exact) mass is 360 g/mol. The highest BCUT2D eigenvalue weighted by Gasteiger charge is 2.13. The van der Waals surface area contributed by atoms with Gasteiger partial charge in [0.1, 0.15) is 23.7 Å². The highest BCUT2D eigenvalue weighted by atomic mass is 19.1. The van der Waals surface area contributed by atoms with Crippen LogP contribution < -0.4 is 20.1 Å². The predicted molar refractivity (Wildman–Crippen MR) is 95.9 cm³/mol. The van der Waals surface area contributed by atoms with Gasteiger partial charge >= 0.3 is 0 Å². The number of ether oxygens (including phenoxy) is 2. The summed E-state index contributed by atoms with van der Waals surface area (Å²) in [6.07, 6.45) is 0.00136. The summed E-state index contributed by atoms with van der Waals surface area (Å²) in [6.45, 7) is 0.246. The fourth-order valence-corrected chi connectivity index (χ4v) is 2.35. The fraction of sp³-hybridized carbons (Fsp3) is 0.263. The number of carbonyl (C=O) groups excluding carboxylic acids is 2. The average molecular weight is 360 g/mol. The van der Waals surface area contributed by atoms with E-state index in [1.165, 1.54) is 20.3 Å². The Hall–Kier alpha value is -3.09. The number of anilines is 1. The molecule has 2 amide bonds. The summed E-state index contributed by atoms with van der Waals surface area (Å²) < 4.78 is 23.8. The number of amides is 2. The first kappa shape index (κ1) is 19.2. The smallest absolute Gasteiger partial charge is 0.233 e. The van der Waals surface area contributed by atoms with E-state index in [1.807, 2.05) is 0 Å². The van der Waals surface area contributed by atoms with E-state index < -0.39 is 11.8 Å². The van der Waals surface area contributed by atoms with Gasteiger partial charge < -0.3 is 20.1 Å². The van der Waals surface area contributed by atoms with Gasteiger partial charge in [0.2, 0.25) is 11.8 Å². The van der Waals surface area contributed by atoms with E-state index in [-0.39, 0.29) is 18.8 Å². The van der Waals surface area contributed by atoms with Crippen molar-refractivity contribution < 1.29 is 23.5 Å². The van der Waals surface area contributed by atoms with E-state index in [9.17, 15) is 14.0 Å². The Kier molecular flexibility index (Phi) is 6.96. The minimum atomic E-state index is -0.486. The van der Waals surface area contributed by atoms with Crippen molar-refractivity contribution in [3.8, 4) is 11.5 Å². The van der Waals surface area contributed by atoms with Gasteiger partial charge in [-0.15, -0.1) is 0 Å². The SMILES string of the molecule is COc1ccc(OC)c(NC(=O)CC(=O)NCCc2ccccc2F)c1. The van der Waals surface area contributed by atoms with Gasteiger partial charge in [0.15, 0.2) is 0 Å². The summed E-state index contributed by atoms with van der Waals surface area (Å²) in [7, 11) is 2.99. The Labute approximate surface area is 151 Å². The minimum Gasteiger partial charge on any atom is -0.497 e. The molecule has 0 aliphatic heterocycles. The maximum Gasteiger partial charge on any atom is 0.233 e. The van der Waals surface area contributed by atoms with E-state index in [1.54, 1.807) is 36.4 Å². The highest BCUT2D eigenvalue weighted by molar-refractivity contribution is 6.04. The standard InChI is InChI=1S/C19H21FN2O4/c1-25-14-7-8-17(26-2)16(11-14)22-19(24)12-18(23)21-10-9-13-5-3-4-6-15(13)20/h3-8,11H,9-10,12H2,1-2H3,(H,21,23)(H,22,24). The third-order valence-electron chi connectivity index (χ3n) is 3.68. The van der Waals surface area contributed by atoms with E-state index >= 15 is 0 Å². The molecule has 26 heavy (non-hydrogen) atoms. The van der Waals surface area contributed by atoms with Crippen LogP contribution in [0.25, 0.3) is 0 Å². The molecule has 0 radical (unpaired) electrons. The molecule has 138 valence electrons. The average Bonchev–Trinajstić information content (AvgIpc) is 2.63. The summed E-state index contributed by atoms with van der Waals surface area (Å²) in [4.78, 5) is 23.9. The Morgan fingerprint density at radius 3 is 2.50 bits per heavy atom. The molecule has 0 spiro atoms. The van der Waals surface area contributed by atoms with Crippen molar-refractivity contribution in [2.45, 2.75) is 12.8 Å². The molecular weight excluding hydrogens is 339 g/mol. The van der Waals surface area contributed by atoms with Gasteiger partial charge in [0, 0.05) is 12.6 Å². The van der Waals surface area contributed by atoms with Crippen molar-refractivity contribution in [1.29, 1.82) is 0 Å². The van der Waals surface area contributed by atoms with Crippen molar-refractivity contribution in [2.24, 2.45) is 0 Å². The highest BCUT2D eigenvalue weighted by Crippen LogP contribution is 2.28. The molecular formula is C19H21FN2O4. The Morgan fingerprint density at radius 1 is 1.04 bits per heavy atom. The molecule has 0 heterocycles. The molecule has 0 aliphatic rings. The quantitative estimate of drug-likeness (QED) is 0.710. The zero-order valence-electron chi connectivity index (χ0n) is 14.7. The third-order valence-corrected chi connectivity index (χ3v) is 3.68. The zero-order valence-corrected chi connectivity index (χ0v) is 14.7. The second-order valence-corrected chi connectivity index (χ2v) is 5.48. The Balaban J connectivity index is 1.84. The van der Waals surface area contributed by atoms with Gasteiger partial charge in [0.25, 0.3) is 0 Å². The lowest BCUT2D eigenvalue weighted by molar-refractivity contribution is -0.126. The minimum absolute atomic E-state index is 0.246. The number of rotatable bonds is 8. The lowest BCUT2D eigenvalue weighted by Crippen LogP contribution is -2.29. The fourth-order valence-electron chi connectivity index (χ4n) is 2.35. The first-order chi connectivity index (χ1) is 12.5. The van der Waals surface area contributed by atoms with Crippen molar-refractivity contribution in [1.82, 2.24) is 5.32 Å². The number of nitrogens with one attached hydrogen (secondary N) is 2. The Morgan fingerprint density at radius 2 is 1.81 bits per heavy atom. The van der Waals surface area contributed by atoms with Crippen LogP contribution in [-0.4, -0.2) is 32.6 Å². The lowest BCUT2D eigenvalue weighted by atomic mass is 10.1. The molecule has 0 saturated heterocycles. The summed E-state index contributed by atoms with van der Waals surface area (Å²) in [5.41, 5.74) is 0.925. The Bertz CT molecular complexity index is 780. The number of hydrogen-bond donors (Lipinski definition) is 2. The molecule has 6 nitrogen and oxygen atoms in total. The van der Waals surface area contributed by atoms with Crippen LogP contribution in [0.4, 0.5) is 10.1 Å². The van der Waals surface area contributed by atoms with Crippen molar-refractivity contribution in [3.05, 3.63) is 53.8 Å². The van der Waals surface area contributed by atoms with Crippen LogP contribution in [0, 0.1) is 5.82 Å². The van der Waals surface area contributed by atoms with Crippen LogP contribution in [0.2, 0.25) is 0 Å². The third kappa shape index (κ3) is 5.47. The molecule has 2 aromatic rings. The van der Waals surface area contributed by atoms with Crippen LogP contribution in [0.1, 0.15) is 12.0 Å². The largest absolute Gasteiger partial charge is 0.497 e. The van der Waals surface area contributed by atoms with Gasteiger partial charge in [-0.2, -0.15) is 0 Å². The number of methoxy groups -OCH3 is 2. The zero-order chi connectivity index (χ0) is 18.9. The summed E-state index contributed by atoms with van der Waals surface area (Å²) >= 11 is 0. The summed E-state index contributed by atoms with van der Waals surface area (Å²) in [5, 5.41) is 5.22. The van der Waals surface area contributed by atoms with Crippen LogP contribution >= 0.6 is 0 Å². The van der Waals surface area contributed by atoms with Crippen molar-refractivity contribution >= 4 is 17.5 Å². The maximum absolute atomic E-state index is 13.5. The number of carbonyl (C=O) groups is 2. The number of benzene rings is 2. The first-order valence-electron chi connectivity index (χ1n) is 8.05. The van der Waals surface area contributed by atoms with Gasteiger partial charge in [-0.25, -0.2) is 4.39 Å². The molecule has 0 saturated carbocycles. The second kappa shape index (κ2) is 9.41. The first-order valence-corrected chi connectivity index (χ1v) is 8.05. The molecule has 0 bridgehead atoms. The second-order valence-electron chi connectivity index (χ2n) is 5.48. The molecule has 2 rings (SSSR count). The van der Waals surface area contributed by atoms with Crippen molar-refractivity contribution in [3.63, 3.8) is 0 Å². The predicted octanol–water partition coefficient (Wildman–Crippen LogP) is 2.53. The summed E-state index contributed by atoms with van der Waals surface area (Å²) in [5.74, 6) is -0.236. The number of hydrogen-bond acceptors (Lipinski definition) is 4. The van der Waals surface area contributed by atoms with E-state index in [2.05, 4.69) is 10.6 Å². The van der Waals surface area contributed by atoms with Crippen LogP contribution in [0.5, 0.6) is 11.5 Å². The molecule has 0 unspecified atom stereocenters. The van der Waals surface area contributed by atoms with E-state index in [4.69, 9.17) is 9.47 Å². The normalized spacial score (nSPS) is 10.1. The van der Waals surface area contributed by atoms with Gasteiger partial charge in [-0.05, 0) is 30.2 Å². The van der Waals surface area contributed by atoms with E-state index in [0.717, 1.165) is 0 Å². The van der Waals surface area contributed by atoms with Gasteiger partial charge in [-0.1, -0.05) is 18.2 Å². The van der Waals surface area contributed by atoms with E-state index in [0.29, 0.717) is 29.2 Å². The molecule has 2 aromatic carbocycles. The molecule has 0 aliphatic carbocycles. The maximum atomic E-state index is 13.5. The summed E-state index contributed by atoms with van der Waals surface area (Å²) in [6, 6.07) is 11.3. The lowest BCUT2D eigenvalue weighted by Gasteiger charge is -2.12. The molecule has 7 heteroatoms. The van der Waals surface area contributed by atoms with Gasteiger partial charge in [0.05, 0.1) is 19.9 Å². The molecule has 0 aromatic heterocycles. The molecule has 0 fully saturated rings. The van der Waals surface area contributed by atoms with Crippen LogP contribution in [0.3, 0.4) is 0 Å². The topological polar surface area (TPSA) is 76.7 Å².